The Bertz CT molecular complexity index is 739. The second-order valence-corrected chi connectivity index (χ2v) is 5.03. The molecule has 3 aromatic rings. The molecule has 1 aromatic carbocycles. The van der Waals surface area contributed by atoms with Crippen molar-refractivity contribution in [3.05, 3.63) is 41.1 Å². The van der Waals surface area contributed by atoms with Crippen LogP contribution >= 0.6 is 28.3 Å². The van der Waals surface area contributed by atoms with E-state index in [-0.39, 0.29) is 12.4 Å². The van der Waals surface area contributed by atoms with Crippen LogP contribution in [0.15, 0.2) is 41.1 Å². The van der Waals surface area contributed by atoms with E-state index in [0.717, 1.165) is 26.6 Å². The van der Waals surface area contributed by atoms with Crippen molar-refractivity contribution in [1.82, 2.24) is 14.5 Å². The average Bonchev–Trinajstić information content (AvgIpc) is 2.67. The number of aromatic nitrogens is 3. The van der Waals surface area contributed by atoms with E-state index < -0.39 is 0 Å². The van der Waals surface area contributed by atoms with Gasteiger partial charge in [0.05, 0.1) is 5.69 Å². The van der Waals surface area contributed by atoms with Crippen LogP contribution in [0.4, 0.5) is 5.95 Å². The fraction of sp³-hybridized carbons (Fsp3) is 0.0769. The zero-order valence-electron chi connectivity index (χ0n) is 10.2. The Morgan fingerprint density at radius 2 is 2.05 bits per heavy atom. The van der Waals surface area contributed by atoms with E-state index >= 15 is 0 Å². The molecular formula is C13H12BrClN4. The second kappa shape index (κ2) is 5.19. The van der Waals surface area contributed by atoms with Gasteiger partial charge < -0.3 is 10.3 Å². The molecule has 2 N–H and O–H groups in total. The van der Waals surface area contributed by atoms with Crippen LogP contribution in [0.2, 0.25) is 0 Å². The maximum Gasteiger partial charge on any atom is 0.220 e. The molecular weight excluding hydrogens is 328 g/mol. The fourth-order valence-electron chi connectivity index (χ4n) is 2.08. The minimum Gasteiger partial charge on any atom is -0.368 e. The molecule has 0 aliphatic heterocycles. The summed E-state index contributed by atoms with van der Waals surface area (Å²) in [4.78, 5) is 8.19. The number of rotatable bonds is 1. The van der Waals surface area contributed by atoms with Gasteiger partial charge in [0.25, 0.3) is 0 Å². The maximum absolute atomic E-state index is 5.63. The third-order valence-corrected chi connectivity index (χ3v) is 3.40. The molecule has 2 aromatic heterocycles. The Balaban J connectivity index is 0.00000133. The first-order valence-corrected chi connectivity index (χ1v) is 6.28. The van der Waals surface area contributed by atoms with Crippen molar-refractivity contribution in [3.63, 3.8) is 0 Å². The fourth-order valence-corrected chi connectivity index (χ4v) is 2.43. The topological polar surface area (TPSA) is 56.7 Å². The lowest BCUT2D eigenvalue weighted by atomic mass is 10.1. The molecule has 0 unspecified atom stereocenters. The van der Waals surface area contributed by atoms with Crippen LogP contribution in [-0.4, -0.2) is 14.5 Å². The Labute approximate surface area is 125 Å². The number of aryl methyl sites for hydroxylation is 1. The van der Waals surface area contributed by atoms with Crippen LogP contribution < -0.4 is 5.73 Å². The number of nitrogens with two attached hydrogens (primary N) is 1. The number of hydrogen-bond acceptors (Lipinski definition) is 3. The molecule has 0 amide bonds. The van der Waals surface area contributed by atoms with Gasteiger partial charge in [-0.1, -0.05) is 22.0 Å². The first kappa shape index (κ1) is 13.8. The largest absolute Gasteiger partial charge is 0.368 e. The zero-order valence-corrected chi connectivity index (χ0v) is 12.6. The Hall–Kier alpha value is -1.59. The van der Waals surface area contributed by atoms with E-state index in [2.05, 4.69) is 48.8 Å². The third kappa shape index (κ3) is 2.43. The van der Waals surface area contributed by atoms with Crippen molar-refractivity contribution in [3.8, 4) is 11.3 Å². The smallest absolute Gasteiger partial charge is 0.220 e. The highest BCUT2D eigenvalue weighted by Gasteiger charge is 2.10. The summed E-state index contributed by atoms with van der Waals surface area (Å²) in [5.41, 5.74) is 8.69. The molecule has 3 rings (SSSR count). The summed E-state index contributed by atoms with van der Waals surface area (Å²) >= 11 is 3.48. The molecule has 0 aliphatic carbocycles. The highest BCUT2D eigenvalue weighted by Crippen LogP contribution is 2.30. The van der Waals surface area contributed by atoms with Gasteiger partial charge in [-0.2, -0.15) is 0 Å². The van der Waals surface area contributed by atoms with Crippen LogP contribution in [0.25, 0.3) is 22.2 Å². The van der Waals surface area contributed by atoms with Crippen LogP contribution in [0.1, 0.15) is 0 Å². The Kier molecular flexibility index (Phi) is 3.78. The molecule has 0 spiro atoms. The van der Waals surface area contributed by atoms with Crippen LogP contribution in [-0.2, 0) is 7.05 Å². The van der Waals surface area contributed by atoms with Crippen molar-refractivity contribution in [1.29, 1.82) is 0 Å². The van der Waals surface area contributed by atoms with Crippen LogP contribution in [0, 0.1) is 0 Å². The number of fused-ring (bicyclic) bond motifs is 1. The molecule has 0 bridgehead atoms. The van der Waals surface area contributed by atoms with E-state index in [4.69, 9.17) is 5.73 Å². The summed E-state index contributed by atoms with van der Waals surface area (Å²) < 4.78 is 3.14. The van der Waals surface area contributed by atoms with Crippen molar-refractivity contribution >= 4 is 45.2 Å². The van der Waals surface area contributed by atoms with Gasteiger partial charge in [0.15, 0.2) is 0 Å². The summed E-state index contributed by atoms with van der Waals surface area (Å²) in [6.07, 6.45) is 3.73. The van der Waals surface area contributed by atoms with E-state index in [0.29, 0.717) is 5.95 Å². The SMILES string of the molecule is Cl.Cn1cc(-c2ccnc(N)n2)c2ccc(Br)cc21. The van der Waals surface area contributed by atoms with Gasteiger partial charge in [-0.25, -0.2) is 9.97 Å². The minimum atomic E-state index is 0. The number of anilines is 1. The first-order chi connectivity index (χ1) is 8.65. The molecule has 19 heavy (non-hydrogen) atoms. The summed E-state index contributed by atoms with van der Waals surface area (Å²) in [6, 6.07) is 8.06. The highest BCUT2D eigenvalue weighted by molar-refractivity contribution is 9.10. The standard InChI is InChI=1S/C13H11BrN4.ClH/c1-18-7-10(11-4-5-16-13(15)17-11)9-3-2-8(14)6-12(9)18;/h2-7H,1H3,(H2,15,16,17);1H. The molecule has 0 saturated carbocycles. The monoisotopic (exact) mass is 338 g/mol. The number of hydrogen-bond donors (Lipinski definition) is 1. The lowest BCUT2D eigenvalue weighted by molar-refractivity contribution is 0.969. The lowest BCUT2D eigenvalue weighted by Gasteiger charge is -1.99. The summed E-state index contributed by atoms with van der Waals surface area (Å²) in [5, 5.41) is 1.15. The molecule has 0 atom stereocenters. The van der Waals surface area contributed by atoms with Gasteiger partial charge in [-0.05, 0) is 18.2 Å². The van der Waals surface area contributed by atoms with Crippen LogP contribution in [0.3, 0.4) is 0 Å². The summed E-state index contributed by atoms with van der Waals surface area (Å²) in [5.74, 6) is 0.293. The predicted molar refractivity (Wildman–Crippen MR) is 83.3 cm³/mol. The van der Waals surface area contributed by atoms with Gasteiger partial charge in [0.2, 0.25) is 5.95 Å². The molecule has 4 nitrogen and oxygen atoms in total. The van der Waals surface area contributed by atoms with E-state index in [1.165, 1.54) is 0 Å². The Morgan fingerprint density at radius 3 is 2.79 bits per heavy atom. The number of nitrogens with zero attached hydrogens (tertiary/aromatic N) is 3. The first-order valence-electron chi connectivity index (χ1n) is 5.48. The molecule has 2 heterocycles. The molecule has 6 heteroatoms. The van der Waals surface area contributed by atoms with E-state index in [1.807, 2.05) is 19.2 Å². The van der Waals surface area contributed by atoms with Gasteiger partial charge in [0, 0.05) is 40.4 Å². The van der Waals surface area contributed by atoms with E-state index in [1.54, 1.807) is 6.20 Å². The number of halogens is 2. The summed E-state index contributed by atoms with van der Waals surface area (Å²) in [7, 11) is 2.02. The predicted octanol–water partition coefficient (Wildman–Crippen LogP) is 3.40. The molecule has 0 fully saturated rings. The third-order valence-electron chi connectivity index (χ3n) is 2.90. The molecule has 98 valence electrons. The summed E-state index contributed by atoms with van der Waals surface area (Å²) in [6.45, 7) is 0. The minimum absolute atomic E-state index is 0. The van der Waals surface area contributed by atoms with Gasteiger partial charge in [0.1, 0.15) is 0 Å². The van der Waals surface area contributed by atoms with Crippen molar-refractivity contribution in [2.45, 2.75) is 0 Å². The maximum atomic E-state index is 5.63. The Morgan fingerprint density at radius 1 is 1.26 bits per heavy atom. The van der Waals surface area contributed by atoms with Gasteiger partial charge in [-0.3, -0.25) is 0 Å². The molecule has 0 radical (unpaired) electrons. The van der Waals surface area contributed by atoms with Gasteiger partial charge >= 0.3 is 0 Å². The number of benzene rings is 1. The van der Waals surface area contributed by atoms with Crippen molar-refractivity contribution < 1.29 is 0 Å². The normalized spacial score (nSPS) is 10.4. The number of nitrogen functional groups attached to an aromatic ring is 1. The average molecular weight is 340 g/mol. The quantitative estimate of drug-likeness (QED) is 0.739. The second-order valence-electron chi connectivity index (χ2n) is 4.12. The van der Waals surface area contributed by atoms with Crippen molar-refractivity contribution in [2.75, 3.05) is 5.73 Å². The van der Waals surface area contributed by atoms with Crippen LogP contribution in [0.5, 0.6) is 0 Å². The highest BCUT2D eigenvalue weighted by atomic mass is 79.9. The van der Waals surface area contributed by atoms with Gasteiger partial charge in [-0.15, -0.1) is 12.4 Å². The van der Waals surface area contributed by atoms with Crippen molar-refractivity contribution in [2.24, 2.45) is 7.05 Å². The molecule has 0 saturated heterocycles. The lowest BCUT2D eigenvalue weighted by Crippen LogP contribution is -1.94. The zero-order chi connectivity index (χ0) is 12.7. The van der Waals surface area contributed by atoms with E-state index in [9.17, 15) is 0 Å². The molecule has 0 aliphatic rings.